The second kappa shape index (κ2) is 10.9. The number of hydrogen-bond donors (Lipinski definition) is 1. The summed E-state index contributed by atoms with van der Waals surface area (Å²) < 4.78 is 34.1. The molecule has 0 aliphatic carbocycles. The Kier molecular flexibility index (Phi) is 8.02. The van der Waals surface area contributed by atoms with E-state index in [1.807, 2.05) is 24.3 Å². The van der Waals surface area contributed by atoms with Gasteiger partial charge in [-0.15, -0.1) is 0 Å². The molecule has 1 aliphatic heterocycles. The Morgan fingerprint density at radius 2 is 1.63 bits per heavy atom. The highest BCUT2D eigenvalue weighted by Gasteiger charge is 2.23. The molecule has 1 amide bonds. The van der Waals surface area contributed by atoms with Gasteiger partial charge in [-0.3, -0.25) is 9.69 Å². The summed E-state index contributed by atoms with van der Waals surface area (Å²) >= 11 is 0. The van der Waals surface area contributed by atoms with Crippen LogP contribution in [0.25, 0.3) is 0 Å². The van der Waals surface area contributed by atoms with E-state index >= 15 is 0 Å². The summed E-state index contributed by atoms with van der Waals surface area (Å²) in [5, 5.41) is 3.04. The highest BCUT2D eigenvalue weighted by atomic mass is 19.3. The van der Waals surface area contributed by atoms with Crippen molar-refractivity contribution in [2.24, 2.45) is 0 Å². The average molecular weight is 418 g/mol. The maximum absolute atomic E-state index is 12.5. The van der Waals surface area contributed by atoms with Crippen LogP contribution >= 0.6 is 0 Å². The number of benzene rings is 2. The van der Waals surface area contributed by atoms with Crippen LogP contribution in [0.4, 0.5) is 8.78 Å². The number of amides is 1. The molecule has 2 aromatic carbocycles. The summed E-state index contributed by atoms with van der Waals surface area (Å²) in [4.78, 5) is 14.9. The standard InChI is InChI=1S/C23H28F2N2O3/c1-29-19-11-7-18(8-12-19)21(27-13-3-2-4-14-27)16-26-22(28)15-17-5-9-20(10-6-17)30-23(24)25/h5-12,21,23H,2-4,13-16H2,1H3,(H,26,28). The number of piperidine rings is 1. The summed E-state index contributed by atoms with van der Waals surface area (Å²) in [6.45, 7) is -0.322. The lowest BCUT2D eigenvalue weighted by Crippen LogP contribution is -2.41. The van der Waals surface area contributed by atoms with Crippen molar-refractivity contribution in [1.29, 1.82) is 0 Å². The van der Waals surface area contributed by atoms with Gasteiger partial charge in [0.2, 0.25) is 5.91 Å². The summed E-state index contributed by atoms with van der Waals surface area (Å²) in [7, 11) is 1.64. The quantitative estimate of drug-likeness (QED) is 0.664. The summed E-state index contributed by atoms with van der Waals surface area (Å²) in [6, 6.07) is 14.2. The molecule has 3 rings (SSSR count). The molecule has 1 atom stereocenters. The predicted molar refractivity (Wildman–Crippen MR) is 111 cm³/mol. The maximum atomic E-state index is 12.5. The Labute approximate surface area is 176 Å². The van der Waals surface area contributed by atoms with Crippen molar-refractivity contribution in [3.05, 3.63) is 59.7 Å². The third kappa shape index (κ3) is 6.42. The van der Waals surface area contributed by atoms with Gasteiger partial charge >= 0.3 is 6.61 Å². The minimum atomic E-state index is -2.86. The molecule has 1 fully saturated rings. The third-order valence-corrected chi connectivity index (χ3v) is 5.34. The van der Waals surface area contributed by atoms with E-state index < -0.39 is 6.61 Å². The van der Waals surface area contributed by atoms with E-state index in [1.54, 1.807) is 19.2 Å². The number of halogens is 2. The molecule has 1 saturated heterocycles. The molecule has 0 radical (unpaired) electrons. The minimum absolute atomic E-state index is 0.0822. The fourth-order valence-electron chi connectivity index (χ4n) is 3.76. The van der Waals surface area contributed by atoms with Crippen LogP contribution in [0.5, 0.6) is 11.5 Å². The van der Waals surface area contributed by atoms with E-state index in [9.17, 15) is 13.6 Å². The van der Waals surface area contributed by atoms with E-state index in [1.165, 1.54) is 18.6 Å². The molecule has 162 valence electrons. The topological polar surface area (TPSA) is 50.8 Å². The van der Waals surface area contributed by atoms with Gasteiger partial charge in [0.15, 0.2) is 0 Å². The van der Waals surface area contributed by atoms with Crippen LogP contribution in [0, 0.1) is 0 Å². The normalized spacial score (nSPS) is 15.6. The van der Waals surface area contributed by atoms with Crippen LogP contribution in [-0.4, -0.2) is 44.2 Å². The summed E-state index contributed by atoms with van der Waals surface area (Å²) in [6.07, 6.45) is 3.75. The molecule has 30 heavy (non-hydrogen) atoms. The van der Waals surface area contributed by atoms with Gasteiger partial charge in [-0.05, 0) is 61.3 Å². The number of hydrogen-bond acceptors (Lipinski definition) is 4. The first-order valence-corrected chi connectivity index (χ1v) is 10.2. The number of alkyl halides is 2. The molecule has 0 bridgehead atoms. The second-order valence-corrected chi connectivity index (χ2v) is 7.39. The lowest BCUT2D eigenvalue weighted by molar-refractivity contribution is -0.120. The first-order valence-electron chi connectivity index (χ1n) is 10.2. The zero-order valence-corrected chi connectivity index (χ0v) is 17.2. The van der Waals surface area contributed by atoms with Gasteiger partial charge in [-0.25, -0.2) is 0 Å². The molecular formula is C23H28F2N2O3. The van der Waals surface area contributed by atoms with Gasteiger partial charge in [-0.1, -0.05) is 30.7 Å². The zero-order valence-electron chi connectivity index (χ0n) is 17.2. The fourth-order valence-corrected chi connectivity index (χ4v) is 3.76. The summed E-state index contributed by atoms with van der Waals surface area (Å²) in [5.74, 6) is 0.784. The van der Waals surface area contributed by atoms with Crippen LogP contribution in [-0.2, 0) is 11.2 Å². The largest absolute Gasteiger partial charge is 0.497 e. The average Bonchev–Trinajstić information content (AvgIpc) is 2.76. The molecule has 2 aromatic rings. The Balaban J connectivity index is 1.60. The summed E-state index contributed by atoms with van der Waals surface area (Å²) in [5.41, 5.74) is 1.89. The van der Waals surface area contributed by atoms with Crippen LogP contribution in [0.3, 0.4) is 0 Å². The van der Waals surface area contributed by atoms with Crippen LogP contribution < -0.4 is 14.8 Å². The molecule has 1 aliphatic rings. The number of carbonyl (C=O) groups excluding carboxylic acids is 1. The van der Waals surface area contributed by atoms with Crippen LogP contribution in [0.1, 0.15) is 36.4 Å². The van der Waals surface area contributed by atoms with Crippen LogP contribution in [0.2, 0.25) is 0 Å². The molecule has 1 N–H and O–H groups in total. The van der Waals surface area contributed by atoms with E-state index in [0.717, 1.165) is 42.8 Å². The molecule has 1 unspecified atom stereocenters. The number of ether oxygens (including phenoxy) is 2. The number of methoxy groups -OCH3 is 1. The van der Waals surface area contributed by atoms with Gasteiger partial charge in [-0.2, -0.15) is 8.78 Å². The fraction of sp³-hybridized carbons (Fsp3) is 0.435. The molecule has 0 aromatic heterocycles. The molecule has 0 saturated carbocycles. The van der Waals surface area contributed by atoms with Gasteiger partial charge in [0.1, 0.15) is 11.5 Å². The Morgan fingerprint density at radius 1 is 1.00 bits per heavy atom. The van der Waals surface area contributed by atoms with Crippen molar-refractivity contribution < 1.29 is 23.0 Å². The number of rotatable bonds is 9. The van der Waals surface area contributed by atoms with Gasteiger partial charge < -0.3 is 14.8 Å². The van der Waals surface area contributed by atoms with Gasteiger partial charge in [0.05, 0.1) is 19.6 Å². The first-order chi connectivity index (χ1) is 14.5. The van der Waals surface area contributed by atoms with E-state index in [4.69, 9.17) is 4.74 Å². The highest BCUT2D eigenvalue weighted by Crippen LogP contribution is 2.26. The van der Waals surface area contributed by atoms with Crippen molar-refractivity contribution in [2.45, 2.75) is 38.3 Å². The number of nitrogens with zero attached hydrogens (tertiary/aromatic N) is 1. The molecule has 7 heteroatoms. The Bertz CT molecular complexity index is 791. The number of carbonyl (C=O) groups is 1. The zero-order chi connectivity index (χ0) is 21.3. The second-order valence-electron chi connectivity index (χ2n) is 7.39. The molecule has 1 heterocycles. The molecule has 5 nitrogen and oxygen atoms in total. The highest BCUT2D eigenvalue weighted by molar-refractivity contribution is 5.78. The van der Waals surface area contributed by atoms with Gasteiger partial charge in [0, 0.05) is 6.54 Å². The smallest absolute Gasteiger partial charge is 0.387 e. The van der Waals surface area contributed by atoms with E-state index in [-0.39, 0.29) is 24.1 Å². The third-order valence-electron chi connectivity index (χ3n) is 5.34. The lowest BCUT2D eigenvalue weighted by Gasteiger charge is -2.35. The van der Waals surface area contributed by atoms with Crippen LogP contribution in [0.15, 0.2) is 48.5 Å². The predicted octanol–water partition coefficient (Wildman–Crippen LogP) is 4.18. The van der Waals surface area contributed by atoms with Crippen molar-refractivity contribution in [2.75, 3.05) is 26.7 Å². The van der Waals surface area contributed by atoms with Gasteiger partial charge in [0.25, 0.3) is 0 Å². The molecular weight excluding hydrogens is 390 g/mol. The molecule has 0 spiro atoms. The van der Waals surface area contributed by atoms with Crippen molar-refractivity contribution >= 4 is 5.91 Å². The number of likely N-dealkylation sites (tertiary alicyclic amines) is 1. The Morgan fingerprint density at radius 3 is 2.23 bits per heavy atom. The lowest BCUT2D eigenvalue weighted by atomic mass is 10.0. The van der Waals surface area contributed by atoms with Crippen molar-refractivity contribution in [1.82, 2.24) is 10.2 Å². The Hall–Kier alpha value is -2.67. The van der Waals surface area contributed by atoms with Crippen molar-refractivity contribution in [3.63, 3.8) is 0 Å². The van der Waals surface area contributed by atoms with E-state index in [0.29, 0.717) is 6.54 Å². The maximum Gasteiger partial charge on any atom is 0.387 e. The first kappa shape index (κ1) is 22.0. The monoisotopic (exact) mass is 418 g/mol. The SMILES string of the molecule is COc1ccc(C(CNC(=O)Cc2ccc(OC(F)F)cc2)N2CCCCC2)cc1. The number of nitrogens with one attached hydrogen (secondary N) is 1. The van der Waals surface area contributed by atoms with Crippen molar-refractivity contribution in [3.8, 4) is 11.5 Å². The minimum Gasteiger partial charge on any atom is -0.497 e. The van der Waals surface area contributed by atoms with E-state index in [2.05, 4.69) is 15.0 Å².